The van der Waals surface area contributed by atoms with Gasteiger partial charge in [0.15, 0.2) is 11.5 Å². The number of benzene rings is 3. The van der Waals surface area contributed by atoms with Crippen molar-refractivity contribution in [2.45, 2.75) is 12.8 Å². The lowest BCUT2D eigenvalue weighted by Crippen LogP contribution is -2.06. The van der Waals surface area contributed by atoms with Gasteiger partial charge in [-0.15, -0.1) is 0 Å². The van der Waals surface area contributed by atoms with Crippen LogP contribution >= 0.6 is 15.9 Å². The number of hydrogen-bond donors (Lipinski definition) is 2. The Kier molecular flexibility index (Phi) is 8.14. The van der Waals surface area contributed by atoms with Gasteiger partial charge in [-0.05, 0) is 63.5 Å². The molecule has 2 N–H and O–H groups in total. The fourth-order valence-electron chi connectivity index (χ4n) is 2.98. The summed E-state index contributed by atoms with van der Waals surface area (Å²) >= 11 is 3.38. The SMILES string of the molecule is COc1cc(/C=N\Nc2ccc(C(F)(F)F)cc2[N+](=O)[O-])cc(Br)c1OCc1ccc(C(=O)O)cc1. The molecule has 0 saturated heterocycles. The highest BCUT2D eigenvalue weighted by Gasteiger charge is 2.33. The number of carboxylic acids is 1. The van der Waals surface area contributed by atoms with Crippen LogP contribution in [0, 0.1) is 10.1 Å². The zero-order chi connectivity index (χ0) is 26.5. The van der Waals surface area contributed by atoms with E-state index >= 15 is 0 Å². The molecular formula is C23H17BrF3N3O6. The summed E-state index contributed by atoms with van der Waals surface area (Å²) in [4.78, 5) is 21.2. The highest BCUT2D eigenvalue weighted by molar-refractivity contribution is 9.10. The number of nitro benzene ring substituents is 1. The highest BCUT2D eigenvalue weighted by atomic mass is 79.9. The minimum absolute atomic E-state index is 0.126. The van der Waals surface area contributed by atoms with Crippen molar-refractivity contribution in [1.29, 1.82) is 0 Å². The molecular weight excluding hydrogens is 551 g/mol. The maximum absolute atomic E-state index is 12.9. The van der Waals surface area contributed by atoms with Crippen molar-refractivity contribution < 1.29 is 37.5 Å². The third-order valence-corrected chi connectivity index (χ3v) is 5.35. The summed E-state index contributed by atoms with van der Waals surface area (Å²) in [5.41, 5.74) is 1.60. The van der Waals surface area contributed by atoms with E-state index in [4.69, 9.17) is 14.6 Å². The number of hydrogen-bond acceptors (Lipinski definition) is 7. The Labute approximate surface area is 210 Å². The first-order chi connectivity index (χ1) is 17.0. The maximum atomic E-state index is 12.9. The Balaban J connectivity index is 1.75. The predicted octanol–water partition coefficient (Wildman–Crippen LogP) is 6.11. The standard InChI is InChI=1S/C23H17BrF3N3O6/c1-35-20-9-14(8-17(24)21(20)36-12-13-2-4-15(5-3-13)22(31)32)11-28-29-18-7-6-16(23(25,26)27)10-19(18)30(33)34/h2-11,29H,12H2,1H3,(H,31,32)/b28-11-. The van der Waals surface area contributed by atoms with E-state index in [9.17, 15) is 28.1 Å². The minimum Gasteiger partial charge on any atom is -0.493 e. The smallest absolute Gasteiger partial charge is 0.416 e. The molecule has 0 spiro atoms. The number of nitrogens with one attached hydrogen (secondary N) is 1. The molecule has 3 aromatic carbocycles. The van der Waals surface area contributed by atoms with Gasteiger partial charge in [-0.2, -0.15) is 18.3 Å². The van der Waals surface area contributed by atoms with Crippen molar-refractivity contribution in [3.05, 3.63) is 91.4 Å². The Morgan fingerprint density at radius 1 is 1.19 bits per heavy atom. The van der Waals surface area contributed by atoms with Crippen LogP contribution in [-0.4, -0.2) is 29.3 Å². The molecule has 36 heavy (non-hydrogen) atoms. The van der Waals surface area contributed by atoms with Crippen LogP contribution in [0.1, 0.15) is 27.0 Å². The summed E-state index contributed by atoms with van der Waals surface area (Å²) < 4.78 is 50.2. The number of rotatable bonds is 9. The van der Waals surface area contributed by atoms with E-state index < -0.39 is 28.3 Å². The number of methoxy groups -OCH3 is 1. The van der Waals surface area contributed by atoms with Gasteiger partial charge >= 0.3 is 12.1 Å². The van der Waals surface area contributed by atoms with E-state index in [1.165, 1.54) is 25.5 Å². The number of nitrogens with zero attached hydrogens (tertiary/aromatic N) is 2. The van der Waals surface area contributed by atoms with Crippen molar-refractivity contribution in [3.63, 3.8) is 0 Å². The van der Waals surface area contributed by atoms with E-state index in [2.05, 4.69) is 26.5 Å². The van der Waals surface area contributed by atoms with E-state index in [-0.39, 0.29) is 17.9 Å². The van der Waals surface area contributed by atoms with Crippen LogP contribution in [0.25, 0.3) is 0 Å². The largest absolute Gasteiger partial charge is 0.493 e. The van der Waals surface area contributed by atoms with Crippen LogP contribution in [0.2, 0.25) is 0 Å². The van der Waals surface area contributed by atoms with Gasteiger partial charge in [0.25, 0.3) is 5.69 Å². The quantitative estimate of drug-likeness (QED) is 0.182. The summed E-state index contributed by atoms with van der Waals surface area (Å²) in [6.45, 7) is 0.126. The van der Waals surface area contributed by atoms with Gasteiger partial charge in [-0.1, -0.05) is 12.1 Å². The van der Waals surface area contributed by atoms with Crippen LogP contribution in [0.4, 0.5) is 24.5 Å². The molecule has 0 aliphatic heterocycles. The Morgan fingerprint density at radius 3 is 2.47 bits per heavy atom. The fourth-order valence-corrected chi connectivity index (χ4v) is 3.56. The van der Waals surface area contributed by atoms with Crippen LogP contribution in [0.5, 0.6) is 11.5 Å². The topological polar surface area (TPSA) is 123 Å². The van der Waals surface area contributed by atoms with E-state index in [1.807, 2.05) is 0 Å². The van der Waals surface area contributed by atoms with Crippen LogP contribution in [0.3, 0.4) is 0 Å². The summed E-state index contributed by atoms with van der Waals surface area (Å²) in [6, 6.07) is 11.4. The first-order valence-corrected chi connectivity index (χ1v) is 10.8. The molecule has 0 aromatic heterocycles. The zero-order valence-corrected chi connectivity index (χ0v) is 20.0. The molecule has 0 heterocycles. The number of nitro groups is 1. The molecule has 9 nitrogen and oxygen atoms in total. The van der Waals surface area contributed by atoms with Gasteiger partial charge in [0.1, 0.15) is 12.3 Å². The lowest BCUT2D eigenvalue weighted by molar-refractivity contribution is -0.384. The Bertz CT molecular complexity index is 1310. The molecule has 0 aliphatic carbocycles. The van der Waals surface area contributed by atoms with Crippen LogP contribution in [-0.2, 0) is 12.8 Å². The fraction of sp³-hybridized carbons (Fsp3) is 0.130. The zero-order valence-electron chi connectivity index (χ0n) is 18.4. The molecule has 0 unspecified atom stereocenters. The molecule has 0 atom stereocenters. The van der Waals surface area contributed by atoms with Gasteiger partial charge in [0.05, 0.1) is 33.8 Å². The number of hydrazone groups is 1. The molecule has 0 bridgehead atoms. The van der Waals surface area contributed by atoms with Crippen molar-refractivity contribution in [1.82, 2.24) is 0 Å². The third-order valence-electron chi connectivity index (χ3n) is 4.76. The second-order valence-corrected chi connectivity index (χ2v) is 8.04. The second kappa shape index (κ2) is 11.1. The van der Waals surface area contributed by atoms with Crippen molar-refractivity contribution in [2.75, 3.05) is 12.5 Å². The lowest BCUT2D eigenvalue weighted by atomic mass is 10.1. The monoisotopic (exact) mass is 567 g/mol. The average Bonchev–Trinajstić information content (AvgIpc) is 2.82. The maximum Gasteiger partial charge on any atom is 0.416 e. The predicted molar refractivity (Wildman–Crippen MR) is 128 cm³/mol. The van der Waals surface area contributed by atoms with Gasteiger partial charge in [0.2, 0.25) is 0 Å². The molecule has 13 heteroatoms. The van der Waals surface area contributed by atoms with Gasteiger partial charge in [-0.25, -0.2) is 4.79 Å². The minimum atomic E-state index is -4.72. The first kappa shape index (κ1) is 26.5. The average molecular weight is 568 g/mol. The number of alkyl halides is 3. The Morgan fingerprint density at radius 2 is 1.89 bits per heavy atom. The van der Waals surface area contributed by atoms with Crippen LogP contribution < -0.4 is 14.9 Å². The van der Waals surface area contributed by atoms with E-state index in [0.717, 1.165) is 11.6 Å². The van der Waals surface area contributed by atoms with Crippen molar-refractivity contribution in [3.8, 4) is 11.5 Å². The number of aromatic carboxylic acids is 1. The highest BCUT2D eigenvalue weighted by Crippen LogP contribution is 2.37. The normalized spacial score (nSPS) is 11.4. The number of carboxylic acid groups (broad SMARTS) is 1. The summed E-state index contributed by atoms with van der Waals surface area (Å²) in [5, 5.41) is 24.1. The lowest BCUT2D eigenvalue weighted by Gasteiger charge is -2.13. The Hall–Kier alpha value is -4.13. The molecule has 0 fully saturated rings. The first-order valence-electron chi connectivity index (χ1n) is 9.97. The molecule has 0 aliphatic rings. The van der Waals surface area contributed by atoms with Crippen molar-refractivity contribution in [2.24, 2.45) is 5.10 Å². The summed E-state index contributed by atoms with van der Waals surface area (Å²) in [7, 11) is 1.42. The molecule has 188 valence electrons. The van der Waals surface area contributed by atoms with E-state index in [1.54, 1.807) is 24.3 Å². The van der Waals surface area contributed by atoms with Crippen LogP contribution in [0.15, 0.2) is 64.2 Å². The number of ether oxygens (including phenoxy) is 2. The molecule has 3 rings (SSSR count). The summed E-state index contributed by atoms with van der Waals surface area (Å²) in [6.07, 6.45) is -3.43. The molecule has 0 amide bonds. The molecule has 0 radical (unpaired) electrons. The number of carbonyl (C=O) groups is 1. The van der Waals surface area contributed by atoms with Gasteiger partial charge in [0, 0.05) is 6.07 Å². The van der Waals surface area contributed by atoms with E-state index in [0.29, 0.717) is 33.7 Å². The number of anilines is 1. The van der Waals surface area contributed by atoms with Gasteiger partial charge < -0.3 is 14.6 Å². The molecule has 3 aromatic rings. The van der Waals surface area contributed by atoms with Crippen molar-refractivity contribution >= 4 is 39.5 Å². The third kappa shape index (κ3) is 6.50. The second-order valence-electron chi connectivity index (χ2n) is 7.18. The summed E-state index contributed by atoms with van der Waals surface area (Å²) in [5.74, 6) is -0.344. The number of halogens is 4. The van der Waals surface area contributed by atoms with Gasteiger partial charge in [-0.3, -0.25) is 15.5 Å². The molecule has 0 saturated carbocycles.